The van der Waals surface area contributed by atoms with Gasteiger partial charge >= 0.3 is 6.03 Å². The zero-order valence-corrected chi connectivity index (χ0v) is 20.7. The number of benzene rings is 1. The summed E-state index contributed by atoms with van der Waals surface area (Å²) < 4.78 is 0. The van der Waals surface area contributed by atoms with Crippen molar-refractivity contribution in [3.8, 4) is 0 Å². The van der Waals surface area contributed by atoms with Gasteiger partial charge in [-0.15, -0.1) is 11.3 Å². The summed E-state index contributed by atoms with van der Waals surface area (Å²) in [5.41, 5.74) is 1.00. The standard InChI is InChI=1S/C25H33N5O3S/c1-3-4-12-21-24(32)28(14-13-20-11-8-15-34-20)17-22-29(21)23(31)18-27(2)30(22)25(33)26-16-19-9-6-5-7-10-19/h5-11,15,21-22H,3-4,12-14,16-18H2,1-2H3,(H,26,33)/t21-,22-/m0/s1. The molecule has 0 spiro atoms. The Kier molecular flexibility index (Phi) is 7.84. The van der Waals surface area contributed by atoms with Crippen molar-refractivity contribution in [1.82, 2.24) is 25.1 Å². The van der Waals surface area contributed by atoms with Crippen LogP contribution in [0.4, 0.5) is 4.79 Å². The molecule has 2 atom stereocenters. The van der Waals surface area contributed by atoms with Gasteiger partial charge < -0.3 is 15.1 Å². The first kappa shape index (κ1) is 24.2. The van der Waals surface area contributed by atoms with Crippen LogP contribution < -0.4 is 5.32 Å². The van der Waals surface area contributed by atoms with E-state index in [9.17, 15) is 14.4 Å². The fourth-order valence-electron chi connectivity index (χ4n) is 4.74. The number of urea groups is 1. The van der Waals surface area contributed by atoms with Crippen LogP contribution in [-0.2, 0) is 22.6 Å². The Hall–Kier alpha value is -2.91. The number of amides is 4. The number of unbranched alkanes of at least 4 members (excludes halogenated alkanes) is 1. The number of nitrogens with one attached hydrogen (secondary N) is 1. The maximum atomic E-state index is 13.5. The number of nitrogens with zero attached hydrogens (tertiary/aromatic N) is 4. The number of hydrogen-bond donors (Lipinski definition) is 1. The van der Waals surface area contributed by atoms with Crippen molar-refractivity contribution in [2.45, 2.75) is 51.4 Å². The van der Waals surface area contributed by atoms with E-state index in [0.29, 0.717) is 26.1 Å². The molecule has 0 radical (unpaired) electrons. The summed E-state index contributed by atoms with van der Waals surface area (Å²) in [6.07, 6.45) is 2.63. The van der Waals surface area contributed by atoms with Crippen LogP contribution in [0, 0.1) is 0 Å². The van der Waals surface area contributed by atoms with Gasteiger partial charge in [0, 0.05) is 25.0 Å². The van der Waals surface area contributed by atoms with Crippen molar-refractivity contribution in [1.29, 1.82) is 0 Å². The molecular formula is C25H33N5O3S. The van der Waals surface area contributed by atoms with E-state index in [2.05, 4.69) is 18.3 Å². The van der Waals surface area contributed by atoms with Gasteiger partial charge in [-0.25, -0.2) is 14.8 Å². The third-order valence-corrected chi connectivity index (χ3v) is 7.41. The lowest BCUT2D eigenvalue weighted by Gasteiger charge is -2.54. The summed E-state index contributed by atoms with van der Waals surface area (Å²) in [4.78, 5) is 44.6. The van der Waals surface area contributed by atoms with E-state index in [-0.39, 0.29) is 24.4 Å². The van der Waals surface area contributed by atoms with E-state index in [1.807, 2.05) is 46.7 Å². The summed E-state index contributed by atoms with van der Waals surface area (Å²) in [6, 6.07) is 13.0. The Labute approximate surface area is 205 Å². The number of piperazine rings is 1. The first-order valence-corrected chi connectivity index (χ1v) is 12.8. The van der Waals surface area contributed by atoms with Gasteiger partial charge in [0.25, 0.3) is 0 Å². The molecule has 34 heavy (non-hydrogen) atoms. The van der Waals surface area contributed by atoms with E-state index < -0.39 is 12.2 Å². The summed E-state index contributed by atoms with van der Waals surface area (Å²) in [6.45, 7) is 3.42. The molecule has 1 N–H and O–H groups in total. The lowest BCUT2D eigenvalue weighted by atomic mass is 10.0. The van der Waals surface area contributed by atoms with E-state index in [1.165, 1.54) is 4.88 Å². The third kappa shape index (κ3) is 5.26. The number of carbonyl (C=O) groups excluding carboxylic acids is 3. The second-order valence-corrected chi connectivity index (χ2v) is 9.89. The van der Waals surface area contributed by atoms with Crippen LogP contribution in [0.2, 0.25) is 0 Å². The van der Waals surface area contributed by atoms with Crippen LogP contribution in [0.1, 0.15) is 36.6 Å². The summed E-state index contributed by atoms with van der Waals surface area (Å²) in [7, 11) is 1.75. The fraction of sp³-hybridized carbons (Fsp3) is 0.480. The quantitative estimate of drug-likeness (QED) is 0.627. The van der Waals surface area contributed by atoms with E-state index >= 15 is 0 Å². The molecule has 2 aromatic rings. The number of carbonyl (C=O) groups is 3. The topological polar surface area (TPSA) is 76.2 Å². The summed E-state index contributed by atoms with van der Waals surface area (Å²) in [5, 5.41) is 8.32. The predicted molar refractivity (Wildman–Crippen MR) is 132 cm³/mol. The van der Waals surface area contributed by atoms with Crippen molar-refractivity contribution in [2.24, 2.45) is 0 Å². The Bertz CT molecular complexity index is 984. The zero-order valence-electron chi connectivity index (χ0n) is 19.9. The van der Waals surface area contributed by atoms with E-state index in [4.69, 9.17) is 0 Å². The molecule has 2 aliphatic heterocycles. The Morgan fingerprint density at radius 2 is 1.94 bits per heavy atom. The van der Waals surface area contributed by atoms with Gasteiger partial charge in [0.2, 0.25) is 11.8 Å². The maximum absolute atomic E-state index is 13.5. The molecule has 1 aromatic carbocycles. The van der Waals surface area contributed by atoms with Crippen LogP contribution in [0.3, 0.4) is 0 Å². The van der Waals surface area contributed by atoms with E-state index in [0.717, 1.165) is 24.8 Å². The van der Waals surface area contributed by atoms with Gasteiger partial charge in [-0.2, -0.15) is 0 Å². The van der Waals surface area contributed by atoms with Crippen LogP contribution >= 0.6 is 11.3 Å². The minimum absolute atomic E-state index is 0.0104. The van der Waals surface area contributed by atoms with E-state index in [1.54, 1.807) is 33.3 Å². The molecule has 4 rings (SSSR count). The van der Waals surface area contributed by atoms with Gasteiger partial charge in [0.1, 0.15) is 12.2 Å². The van der Waals surface area contributed by atoms with Crippen LogP contribution in [-0.4, -0.2) is 76.6 Å². The lowest BCUT2D eigenvalue weighted by molar-refractivity contribution is -0.187. The molecule has 8 nitrogen and oxygen atoms in total. The molecule has 0 aliphatic carbocycles. The maximum Gasteiger partial charge on any atom is 0.334 e. The lowest BCUT2D eigenvalue weighted by Crippen LogP contribution is -2.76. The van der Waals surface area contributed by atoms with Crippen molar-refractivity contribution < 1.29 is 14.4 Å². The highest BCUT2D eigenvalue weighted by Gasteiger charge is 2.50. The van der Waals surface area contributed by atoms with Crippen molar-refractivity contribution in [3.05, 3.63) is 58.3 Å². The first-order chi connectivity index (χ1) is 16.5. The molecule has 0 unspecified atom stereocenters. The predicted octanol–water partition coefficient (Wildman–Crippen LogP) is 2.92. The van der Waals surface area contributed by atoms with Crippen molar-refractivity contribution in [3.63, 3.8) is 0 Å². The van der Waals surface area contributed by atoms with Gasteiger partial charge in [-0.05, 0) is 29.9 Å². The minimum Gasteiger partial charge on any atom is -0.337 e. The highest BCUT2D eigenvalue weighted by atomic mass is 32.1. The van der Waals surface area contributed by atoms with Gasteiger partial charge in [0.15, 0.2) is 0 Å². The number of likely N-dealkylation sites (N-methyl/N-ethyl adjacent to an activating group) is 1. The highest BCUT2D eigenvalue weighted by molar-refractivity contribution is 7.09. The molecule has 0 bridgehead atoms. The average molecular weight is 484 g/mol. The summed E-state index contributed by atoms with van der Waals surface area (Å²) in [5.74, 6) is -0.115. The second-order valence-electron chi connectivity index (χ2n) is 8.86. The number of rotatable bonds is 8. The first-order valence-electron chi connectivity index (χ1n) is 11.9. The van der Waals surface area contributed by atoms with Gasteiger partial charge in [-0.3, -0.25) is 9.59 Å². The molecule has 2 aliphatic rings. The number of hydrazine groups is 1. The monoisotopic (exact) mass is 483 g/mol. The average Bonchev–Trinajstić information content (AvgIpc) is 3.35. The van der Waals surface area contributed by atoms with Gasteiger partial charge in [0.05, 0.1) is 13.1 Å². The molecule has 0 saturated carbocycles. The molecule has 3 heterocycles. The van der Waals surface area contributed by atoms with Crippen LogP contribution in [0.15, 0.2) is 47.8 Å². The zero-order chi connectivity index (χ0) is 24.1. The number of fused-ring (bicyclic) bond motifs is 1. The molecular weight excluding hydrogens is 450 g/mol. The molecule has 9 heteroatoms. The number of hydrogen-bond acceptors (Lipinski definition) is 5. The van der Waals surface area contributed by atoms with Crippen molar-refractivity contribution in [2.75, 3.05) is 26.7 Å². The normalized spacial score (nSPS) is 21.1. The van der Waals surface area contributed by atoms with Crippen LogP contribution in [0.5, 0.6) is 0 Å². The Morgan fingerprint density at radius 3 is 2.65 bits per heavy atom. The molecule has 2 fully saturated rings. The molecule has 4 amide bonds. The number of thiophene rings is 1. The minimum atomic E-state index is -0.535. The third-order valence-electron chi connectivity index (χ3n) is 6.47. The largest absolute Gasteiger partial charge is 0.337 e. The van der Waals surface area contributed by atoms with Crippen molar-refractivity contribution >= 4 is 29.2 Å². The second kappa shape index (κ2) is 11.0. The molecule has 1 aromatic heterocycles. The van der Waals surface area contributed by atoms with Crippen LogP contribution in [0.25, 0.3) is 0 Å². The Balaban J connectivity index is 1.55. The molecule has 182 valence electrons. The summed E-state index contributed by atoms with van der Waals surface area (Å²) >= 11 is 1.68. The Morgan fingerprint density at radius 1 is 1.15 bits per heavy atom. The molecule has 2 saturated heterocycles. The highest BCUT2D eigenvalue weighted by Crippen LogP contribution is 2.28. The fourth-order valence-corrected chi connectivity index (χ4v) is 5.43. The smallest absolute Gasteiger partial charge is 0.334 e. The van der Waals surface area contributed by atoms with Gasteiger partial charge in [-0.1, -0.05) is 56.2 Å². The SMILES string of the molecule is CCCC[C@H]1C(=O)N(CCc2cccs2)C[C@H]2N1C(=O)CN(C)N2C(=O)NCc1ccccc1.